The van der Waals surface area contributed by atoms with Crippen LogP contribution in [0, 0.1) is 0 Å². The molecule has 5 nitrogen and oxygen atoms in total. The summed E-state index contributed by atoms with van der Waals surface area (Å²) in [6.45, 7) is 3.52. The number of halogens is 3. The fourth-order valence-electron chi connectivity index (χ4n) is 1.89. The Bertz CT molecular complexity index is 297. The Morgan fingerprint density at radius 2 is 2.17 bits per heavy atom. The van der Waals surface area contributed by atoms with Crippen LogP contribution in [0.3, 0.4) is 0 Å². The van der Waals surface area contributed by atoms with E-state index in [1.54, 1.807) is 13.8 Å². The lowest BCUT2D eigenvalue weighted by atomic mass is 9.99. The van der Waals surface area contributed by atoms with Gasteiger partial charge in [0.15, 0.2) is 6.29 Å². The number of alkyl halides is 3. The van der Waals surface area contributed by atoms with Crippen LogP contribution in [-0.4, -0.2) is 48.3 Å². The minimum absolute atomic E-state index is 0.142. The molecule has 1 fully saturated rings. The van der Waals surface area contributed by atoms with E-state index in [4.69, 9.17) is 9.47 Å². The second-order valence-corrected chi connectivity index (χ2v) is 4.03. The van der Waals surface area contributed by atoms with Crippen molar-refractivity contribution in [3.05, 3.63) is 0 Å². The van der Waals surface area contributed by atoms with E-state index in [1.807, 2.05) is 5.32 Å². The molecule has 0 spiro atoms. The van der Waals surface area contributed by atoms with Crippen molar-refractivity contribution in [1.82, 2.24) is 5.32 Å². The monoisotopic (exact) mass is 271 g/mol. The maximum atomic E-state index is 12.2. The van der Waals surface area contributed by atoms with Gasteiger partial charge in [0.05, 0.1) is 12.1 Å². The van der Waals surface area contributed by atoms with Gasteiger partial charge in [-0.1, -0.05) is 0 Å². The van der Waals surface area contributed by atoms with Crippen LogP contribution >= 0.6 is 0 Å². The first-order chi connectivity index (χ1) is 8.25. The third-order valence-electron chi connectivity index (χ3n) is 2.62. The molecule has 1 heterocycles. The van der Waals surface area contributed by atoms with Gasteiger partial charge in [-0.3, -0.25) is 4.79 Å². The molecule has 1 aliphatic rings. The lowest BCUT2D eigenvalue weighted by molar-refractivity contribution is -0.216. The van der Waals surface area contributed by atoms with Crippen LogP contribution in [0.1, 0.15) is 20.3 Å². The van der Waals surface area contributed by atoms with Gasteiger partial charge in [-0.2, -0.15) is 13.2 Å². The first-order valence-corrected chi connectivity index (χ1v) is 5.58. The van der Waals surface area contributed by atoms with Gasteiger partial charge in [-0.25, -0.2) is 0 Å². The molecule has 18 heavy (non-hydrogen) atoms. The summed E-state index contributed by atoms with van der Waals surface area (Å²) in [6, 6.07) is -0.933. The van der Waals surface area contributed by atoms with E-state index in [2.05, 4.69) is 0 Å². The molecule has 1 aliphatic heterocycles. The summed E-state index contributed by atoms with van der Waals surface area (Å²) < 4.78 is 46.8. The predicted molar refractivity (Wildman–Crippen MR) is 54.6 cm³/mol. The first-order valence-electron chi connectivity index (χ1n) is 5.58. The number of hydrogen-bond acceptors (Lipinski definition) is 4. The van der Waals surface area contributed by atoms with Gasteiger partial charge in [0.25, 0.3) is 0 Å². The maximum Gasteiger partial charge on any atom is 0.471 e. The summed E-state index contributed by atoms with van der Waals surface area (Å²) in [4.78, 5) is 10.9. The highest BCUT2D eigenvalue weighted by atomic mass is 19.4. The largest absolute Gasteiger partial charge is 0.471 e. The van der Waals surface area contributed by atoms with Crippen LogP contribution < -0.4 is 5.32 Å². The fourth-order valence-corrected chi connectivity index (χ4v) is 1.89. The molecule has 1 rings (SSSR count). The van der Waals surface area contributed by atoms with E-state index in [0.29, 0.717) is 0 Å². The van der Waals surface area contributed by atoms with Crippen LogP contribution in [0.2, 0.25) is 0 Å². The molecule has 1 amide bonds. The number of aliphatic hydroxyl groups excluding tert-OH is 1. The molecular formula is C10H16F3NO4. The maximum absolute atomic E-state index is 12.2. The van der Waals surface area contributed by atoms with Crippen LogP contribution in [0.25, 0.3) is 0 Å². The molecule has 1 saturated heterocycles. The Morgan fingerprint density at radius 1 is 1.56 bits per heavy atom. The first kappa shape index (κ1) is 15.2. The van der Waals surface area contributed by atoms with Crippen LogP contribution in [0.15, 0.2) is 0 Å². The predicted octanol–water partition coefficient (Wildman–Crippen LogP) is 0.566. The zero-order valence-electron chi connectivity index (χ0n) is 10.0. The number of rotatable bonds is 3. The Kier molecular flexibility index (Phi) is 4.94. The van der Waals surface area contributed by atoms with Gasteiger partial charge in [-0.15, -0.1) is 0 Å². The minimum Gasteiger partial charge on any atom is -0.374 e. The fraction of sp³-hybridized carbons (Fsp3) is 0.900. The van der Waals surface area contributed by atoms with E-state index >= 15 is 0 Å². The topological polar surface area (TPSA) is 67.8 Å². The third-order valence-corrected chi connectivity index (χ3v) is 2.62. The minimum atomic E-state index is -4.96. The number of carbonyl (C=O) groups is 1. The standard InChI is InChI=1S/C10H16F3NO4/c1-3-17-8-5(2)18-7(15)4-6(8)14-9(16)10(11,12)13/h5-8,15H,3-4H2,1-2H3,(H,14,16)/t5-,6+,7+,8+/m1/s1. The highest BCUT2D eigenvalue weighted by Crippen LogP contribution is 2.23. The van der Waals surface area contributed by atoms with Crippen LogP contribution in [0.5, 0.6) is 0 Å². The number of hydrogen-bond donors (Lipinski definition) is 2. The number of nitrogens with one attached hydrogen (secondary N) is 1. The second kappa shape index (κ2) is 5.85. The van der Waals surface area contributed by atoms with Crippen LogP contribution in [0.4, 0.5) is 13.2 Å². The van der Waals surface area contributed by atoms with Crippen molar-refractivity contribution in [2.24, 2.45) is 0 Å². The Morgan fingerprint density at radius 3 is 2.67 bits per heavy atom. The smallest absolute Gasteiger partial charge is 0.374 e. The molecular weight excluding hydrogens is 255 g/mol. The molecule has 106 valence electrons. The van der Waals surface area contributed by atoms with Gasteiger partial charge in [0.2, 0.25) is 0 Å². The molecule has 0 bridgehead atoms. The third kappa shape index (κ3) is 3.82. The SMILES string of the molecule is CCO[C@@H]1[C@@H](NC(=O)C(F)(F)F)C[C@@H](O)O[C@@H]1C. The van der Waals surface area contributed by atoms with E-state index in [0.717, 1.165) is 0 Å². The average Bonchev–Trinajstić information content (AvgIpc) is 2.21. The zero-order chi connectivity index (χ0) is 13.9. The average molecular weight is 271 g/mol. The highest BCUT2D eigenvalue weighted by molar-refractivity contribution is 5.82. The van der Waals surface area contributed by atoms with E-state index < -0.39 is 36.6 Å². The lowest BCUT2D eigenvalue weighted by Gasteiger charge is -2.38. The quantitative estimate of drug-likeness (QED) is 0.787. The van der Waals surface area contributed by atoms with E-state index in [9.17, 15) is 23.1 Å². The van der Waals surface area contributed by atoms with Crippen molar-refractivity contribution in [3.63, 3.8) is 0 Å². The van der Waals surface area contributed by atoms with Gasteiger partial charge < -0.3 is 19.9 Å². The van der Waals surface area contributed by atoms with Gasteiger partial charge in [0.1, 0.15) is 6.10 Å². The van der Waals surface area contributed by atoms with Crippen LogP contribution in [-0.2, 0) is 14.3 Å². The van der Waals surface area contributed by atoms with Crippen molar-refractivity contribution in [3.8, 4) is 0 Å². The summed E-state index contributed by atoms with van der Waals surface area (Å²) in [7, 11) is 0. The summed E-state index contributed by atoms with van der Waals surface area (Å²) in [5.41, 5.74) is 0. The van der Waals surface area contributed by atoms with Gasteiger partial charge >= 0.3 is 12.1 Å². The highest BCUT2D eigenvalue weighted by Gasteiger charge is 2.44. The second-order valence-electron chi connectivity index (χ2n) is 4.03. The number of ether oxygens (including phenoxy) is 2. The van der Waals surface area contributed by atoms with Gasteiger partial charge in [0, 0.05) is 13.0 Å². The van der Waals surface area contributed by atoms with E-state index in [1.165, 1.54) is 0 Å². The summed E-state index contributed by atoms with van der Waals surface area (Å²) in [5.74, 6) is -2.04. The van der Waals surface area contributed by atoms with Crippen molar-refractivity contribution in [2.45, 2.75) is 51.0 Å². The molecule has 4 atom stereocenters. The molecule has 0 aromatic rings. The molecule has 2 N–H and O–H groups in total. The molecule has 0 unspecified atom stereocenters. The summed E-state index contributed by atoms with van der Waals surface area (Å²) in [5, 5.41) is 11.2. The molecule has 8 heteroatoms. The molecule has 0 radical (unpaired) electrons. The van der Waals surface area contributed by atoms with Crippen molar-refractivity contribution >= 4 is 5.91 Å². The Hall–Kier alpha value is -0.860. The Labute approximate surface area is 102 Å². The molecule has 0 saturated carbocycles. The van der Waals surface area contributed by atoms with Crippen molar-refractivity contribution < 1.29 is 32.5 Å². The number of amides is 1. The summed E-state index contributed by atoms with van der Waals surface area (Å²) >= 11 is 0. The normalized spacial score (nSPS) is 33.2. The zero-order valence-corrected chi connectivity index (χ0v) is 10.0. The lowest BCUT2D eigenvalue weighted by Crippen LogP contribution is -2.57. The van der Waals surface area contributed by atoms with Gasteiger partial charge in [-0.05, 0) is 13.8 Å². The summed E-state index contributed by atoms with van der Waals surface area (Å²) in [6.07, 6.45) is -7.63. The molecule has 0 aliphatic carbocycles. The molecule has 0 aromatic carbocycles. The van der Waals surface area contributed by atoms with Crippen molar-refractivity contribution in [2.75, 3.05) is 6.61 Å². The Balaban J connectivity index is 2.72. The number of carbonyl (C=O) groups excluding carboxylic acids is 1. The number of aliphatic hydroxyl groups is 1. The van der Waals surface area contributed by atoms with E-state index in [-0.39, 0.29) is 13.0 Å². The molecule has 0 aromatic heterocycles. The van der Waals surface area contributed by atoms with Crippen molar-refractivity contribution in [1.29, 1.82) is 0 Å².